The Hall–Kier alpha value is -1.82. The van der Waals surface area contributed by atoms with Gasteiger partial charge in [0.15, 0.2) is 0 Å². The van der Waals surface area contributed by atoms with Gasteiger partial charge in [-0.05, 0) is 192 Å². The van der Waals surface area contributed by atoms with E-state index in [0.717, 1.165) is 48.3 Å². The number of allylic oxidation sites excluding steroid dienone is 14. The minimum Gasteiger partial charge on any atom is -0.0885 e. The molecule has 4 unspecified atom stereocenters. The van der Waals surface area contributed by atoms with E-state index in [1.165, 1.54) is 400 Å². The average Bonchev–Trinajstić information content (AvgIpc) is 1.55. The van der Waals surface area contributed by atoms with Gasteiger partial charge in [-0.2, -0.15) is 0 Å². The van der Waals surface area contributed by atoms with Crippen molar-refractivity contribution in [3.05, 3.63) is 85.1 Å². The summed E-state index contributed by atoms with van der Waals surface area (Å²) in [4.78, 5) is 0. The molecule has 8 bridgehead atoms. The van der Waals surface area contributed by atoms with Crippen molar-refractivity contribution in [1.82, 2.24) is 0 Å². The lowest BCUT2D eigenvalue weighted by Gasteiger charge is -2.40. The molecule has 0 heterocycles. The molecule has 0 N–H and O–H groups in total. The molecule has 26 aliphatic rings. The summed E-state index contributed by atoms with van der Waals surface area (Å²) in [6.45, 7) is 0. The van der Waals surface area contributed by atoms with Crippen molar-refractivity contribution in [3.8, 4) is 0 Å². The molecule has 4 atom stereocenters. The molecular formula is C112H196. The molecule has 0 amide bonds. The Morgan fingerprint density at radius 2 is 0.339 bits per heavy atom. The van der Waals surface area contributed by atoms with Gasteiger partial charge in [-0.1, -0.05) is 515 Å². The first-order chi connectivity index (χ1) is 55.7. The van der Waals surface area contributed by atoms with Crippen LogP contribution in [-0.4, -0.2) is 0 Å². The van der Waals surface area contributed by atoms with E-state index in [2.05, 4.69) is 85.1 Å². The second-order valence-corrected chi connectivity index (χ2v) is 41.3. The van der Waals surface area contributed by atoms with Crippen LogP contribution in [0.25, 0.3) is 0 Å². The van der Waals surface area contributed by atoms with Gasteiger partial charge < -0.3 is 0 Å². The molecule has 0 aromatic rings. The van der Waals surface area contributed by atoms with E-state index >= 15 is 0 Å². The molecule has 112 heavy (non-hydrogen) atoms. The van der Waals surface area contributed by atoms with E-state index in [1.807, 2.05) is 0 Å². The summed E-state index contributed by atoms with van der Waals surface area (Å²) in [5.41, 5.74) is 0. The fourth-order valence-electron chi connectivity index (χ4n) is 23.6. The van der Waals surface area contributed by atoms with Gasteiger partial charge in [0.1, 0.15) is 0 Å². The summed E-state index contributed by atoms with van der Waals surface area (Å²) in [7, 11) is 0. The molecule has 0 heteroatoms. The lowest BCUT2D eigenvalue weighted by atomic mass is 9.65. The van der Waals surface area contributed by atoms with Crippen molar-refractivity contribution >= 4 is 0 Å². The Balaban J connectivity index is 0.000000150. The fraction of sp³-hybridized carbons (Fsp3) is 0.875. The lowest BCUT2D eigenvalue weighted by Crippen LogP contribution is -2.28. The standard InChI is InChI=1S/C10H18.C9H16.2C8H14.C8H16.C7H12.C7H10.C7H12.C7H14.C6H12.C6H10.2C6H8.C5H10.C5H8.C4H8.C3H6/c1-2-6-10-8-4-3-7-9(10)5-1;1-2-5-9-7-3-6-8(9)4-1;1-3-7-5-2-6-8(7)4-1;1-2-8-5-3-7(1)4-6-8;1-2-4-6-8-7-5-3-1;2*1-2-7-4-3-6(1)5-7;1-2-6-4-7(3-1)5-6;1-2-4-6-7-5-3-1;4*1-2-4-6-5-3-1;2*1-2-4-5-3-1;1-2-4-3-1;1-2-3-1/h9-10H,1-8H2;8-9H,1-7H2;2*7-8H,1-6H2;1-8H2;6-7H,1-5H2;1-2,6-7H,3-5H2;6-7H,1-5H2;1-7H2;1-6H2;1-2H,3-6H2;1-2,5-6H,3-4H2;1-4H,5-6H2;1-5H2;1-2H,3-5H2;1-4H2;1-3H2. The van der Waals surface area contributed by atoms with E-state index in [-0.39, 0.29) is 0 Å². The third kappa shape index (κ3) is 48.4. The quantitative estimate of drug-likeness (QED) is 0.168. The molecule has 0 aromatic heterocycles. The molecule has 0 nitrogen and oxygen atoms in total. The maximum absolute atomic E-state index is 2.38. The normalized spacial score (nSPS) is 33.5. The van der Waals surface area contributed by atoms with E-state index < -0.39 is 0 Å². The third-order valence-corrected chi connectivity index (χ3v) is 31.6. The number of rotatable bonds is 0. The van der Waals surface area contributed by atoms with E-state index in [1.54, 1.807) is 173 Å². The van der Waals surface area contributed by atoms with Crippen molar-refractivity contribution in [2.24, 2.45) is 82.9 Å². The molecule has 0 saturated heterocycles. The second-order valence-electron chi connectivity index (χ2n) is 41.3. The topological polar surface area (TPSA) is 0 Å². The molecule has 0 radical (unpaired) electrons. The summed E-state index contributed by atoms with van der Waals surface area (Å²) >= 11 is 0. The van der Waals surface area contributed by atoms with Crippen LogP contribution in [0.2, 0.25) is 0 Å². The summed E-state index contributed by atoms with van der Waals surface area (Å²) in [5, 5.41) is 0. The molecule has 0 aromatic carbocycles. The average molecular weight is 1540 g/mol. The van der Waals surface area contributed by atoms with Crippen molar-refractivity contribution < 1.29 is 0 Å². The fourth-order valence-corrected chi connectivity index (χ4v) is 23.6. The smallest absolute Gasteiger partial charge is 0.0169 e. The van der Waals surface area contributed by atoms with Crippen molar-refractivity contribution in [1.29, 1.82) is 0 Å². The van der Waals surface area contributed by atoms with Crippen LogP contribution in [0, 0.1) is 82.9 Å². The number of fused-ring (bicyclic) bond motifs is 12. The molecule has 26 rings (SSSR count). The zero-order valence-electron chi connectivity index (χ0n) is 75.6. The van der Waals surface area contributed by atoms with Gasteiger partial charge in [-0.3, -0.25) is 0 Å². The van der Waals surface area contributed by atoms with Gasteiger partial charge >= 0.3 is 0 Å². The minimum atomic E-state index is 0.991. The minimum absolute atomic E-state index is 0.991. The van der Waals surface area contributed by atoms with Gasteiger partial charge in [-0.15, -0.1) is 0 Å². The molecule has 21 fully saturated rings. The summed E-state index contributed by atoms with van der Waals surface area (Å²) in [5.74, 6) is 16.0. The van der Waals surface area contributed by atoms with Crippen LogP contribution in [0.5, 0.6) is 0 Å². The highest BCUT2D eigenvalue weighted by atomic mass is 14.4. The van der Waals surface area contributed by atoms with Gasteiger partial charge in [0.25, 0.3) is 0 Å². The third-order valence-electron chi connectivity index (χ3n) is 31.6. The molecule has 21 saturated carbocycles. The van der Waals surface area contributed by atoms with Crippen LogP contribution in [0.3, 0.4) is 0 Å². The zero-order chi connectivity index (χ0) is 77.4. The van der Waals surface area contributed by atoms with Crippen molar-refractivity contribution in [2.75, 3.05) is 0 Å². The Morgan fingerprint density at radius 1 is 0.125 bits per heavy atom. The zero-order valence-corrected chi connectivity index (χ0v) is 75.6. The number of hydrogen-bond acceptors (Lipinski definition) is 0. The van der Waals surface area contributed by atoms with Crippen LogP contribution in [0.4, 0.5) is 0 Å². The largest absolute Gasteiger partial charge is 0.0885 e. The van der Waals surface area contributed by atoms with Gasteiger partial charge in [0, 0.05) is 0 Å². The first-order valence-corrected chi connectivity index (χ1v) is 53.3. The van der Waals surface area contributed by atoms with Gasteiger partial charge in [-0.25, -0.2) is 0 Å². The monoisotopic (exact) mass is 1540 g/mol. The molecular weight excluding hydrogens is 1350 g/mol. The van der Waals surface area contributed by atoms with Crippen molar-refractivity contribution in [2.45, 2.75) is 539 Å². The summed E-state index contributed by atoms with van der Waals surface area (Å²) in [6, 6.07) is 0. The van der Waals surface area contributed by atoms with E-state index in [9.17, 15) is 0 Å². The predicted octanol–water partition coefficient (Wildman–Crippen LogP) is 38.4. The van der Waals surface area contributed by atoms with E-state index in [0.29, 0.717) is 0 Å². The molecule has 0 spiro atoms. The van der Waals surface area contributed by atoms with Crippen LogP contribution in [-0.2, 0) is 0 Å². The van der Waals surface area contributed by atoms with Gasteiger partial charge in [0.2, 0.25) is 0 Å². The van der Waals surface area contributed by atoms with Gasteiger partial charge in [0.05, 0.1) is 0 Å². The summed E-state index contributed by atoms with van der Waals surface area (Å²) in [6.07, 6.45) is 157. The highest BCUT2D eigenvalue weighted by molar-refractivity contribution is 5.08. The first kappa shape index (κ1) is 95.6. The predicted molar refractivity (Wildman–Crippen MR) is 501 cm³/mol. The van der Waals surface area contributed by atoms with E-state index in [4.69, 9.17) is 0 Å². The highest BCUT2D eigenvalue weighted by Gasteiger charge is 2.34. The highest BCUT2D eigenvalue weighted by Crippen LogP contribution is 2.48. The van der Waals surface area contributed by atoms with Crippen LogP contribution in [0.15, 0.2) is 85.1 Å². The Bertz CT molecular complexity index is 2060. The SMILES string of the molecule is C1=CC2CCC1C2.C1=CCC=CC1.C1=CCCC1.C1=CCCC=C1.C1=CCCCC1.C1CC1.C1CC2CC(C1)C2.C1CC2CCC1C2.C1CC2CCC1CC2.C1CC2CCCC2C1.C1CCC1.C1CCC2CCCC2C1.C1CCC2CCCCC2C1.C1CCCC1.C1CCCCC1.C1CCCCCC1.C1CCCCCCC1. The van der Waals surface area contributed by atoms with Crippen LogP contribution >= 0.6 is 0 Å². The maximum Gasteiger partial charge on any atom is -0.0169 e. The van der Waals surface area contributed by atoms with Crippen LogP contribution in [0.1, 0.15) is 539 Å². The van der Waals surface area contributed by atoms with Crippen LogP contribution < -0.4 is 0 Å². The Morgan fingerprint density at radius 3 is 0.464 bits per heavy atom. The first-order valence-electron chi connectivity index (χ1n) is 53.3. The summed E-state index contributed by atoms with van der Waals surface area (Å²) < 4.78 is 0. The van der Waals surface area contributed by atoms with Crippen molar-refractivity contribution in [3.63, 3.8) is 0 Å². The second kappa shape index (κ2) is 66.9. The molecule has 644 valence electrons. The maximum atomic E-state index is 2.38. The number of hydrogen-bond donors (Lipinski definition) is 0. The Labute approximate surface area is 702 Å². The lowest BCUT2D eigenvalue weighted by molar-refractivity contribution is 0.116. The Kier molecular flexibility index (Phi) is 57.1. The molecule has 26 aliphatic carbocycles. The molecule has 0 aliphatic heterocycles.